The fraction of sp³-hybridized carbons (Fsp3) is 0.333. The third-order valence-corrected chi connectivity index (χ3v) is 5.11. The number of ether oxygens (including phenoxy) is 4. The highest BCUT2D eigenvalue weighted by Gasteiger charge is 2.15. The Morgan fingerprint density at radius 1 is 0.900 bits per heavy atom. The monoisotopic (exact) mass is 410 g/mol. The fourth-order valence-electron chi connectivity index (χ4n) is 3.54. The first kappa shape index (κ1) is 21.4. The molecule has 0 amide bonds. The number of esters is 1. The first-order chi connectivity index (χ1) is 14.5. The van der Waals surface area contributed by atoms with Gasteiger partial charge in [-0.15, -0.1) is 0 Å². The number of hydrogen-bond donors (Lipinski definition) is 0. The van der Waals surface area contributed by atoms with E-state index in [1.807, 2.05) is 18.2 Å². The van der Waals surface area contributed by atoms with Crippen LogP contribution in [-0.4, -0.2) is 39.7 Å². The van der Waals surface area contributed by atoms with Crippen molar-refractivity contribution in [2.75, 3.05) is 27.9 Å². The number of carbonyl (C=O) groups excluding carboxylic acids is 2. The van der Waals surface area contributed by atoms with Gasteiger partial charge in [-0.3, -0.25) is 4.79 Å². The Bertz CT molecular complexity index is 935. The maximum absolute atomic E-state index is 12.4. The van der Waals surface area contributed by atoms with Crippen molar-refractivity contribution in [2.45, 2.75) is 25.7 Å². The average Bonchev–Trinajstić information content (AvgIpc) is 2.79. The van der Waals surface area contributed by atoms with Gasteiger partial charge in [0.15, 0.2) is 23.9 Å². The highest BCUT2D eigenvalue weighted by molar-refractivity contribution is 5.99. The van der Waals surface area contributed by atoms with E-state index < -0.39 is 5.97 Å². The Balaban J connectivity index is 1.62. The molecule has 0 bridgehead atoms. The number of hydrogen-bond acceptors (Lipinski definition) is 6. The van der Waals surface area contributed by atoms with Crippen LogP contribution in [-0.2, 0) is 22.4 Å². The molecule has 0 heterocycles. The Morgan fingerprint density at radius 3 is 2.20 bits per heavy atom. The minimum atomic E-state index is -0.602. The van der Waals surface area contributed by atoms with Crippen molar-refractivity contribution in [1.29, 1.82) is 0 Å². The summed E-state index contributed by atoms with van der Waals surface area (Å²) in [6.45, 7) is -0.294. The van der Waals surface area contributed by atoms with Crippen LogP contribution in [0, 0.1) is 0 Å². The molecule has 0 N–H and O–H groups in total. The van der Waals surface area contributed by atoms with Gasteiger partial charge in [-0.1, -0.05) is 12.1 Å². The molecule has 0 aromatic heterocycles. The first-order valence-electron chi connectivity index (χ1n) is 9.85. The molecule has 0 saturated carbocycles. The molecule has 1 aliphatic carbocycles. The van der Waals surface area contributed by atoms with Gasteiger partial charge >= 0.3 is 5.97 Å². The molecule has 2 aromatic rings. The lowest BCUT2D eigenvalue weighted by Crippen LogP contribution is -2.13. The van der Waals surface area contributed by atoms with E-state index in [1.54, 1.807) is 18.2 Å². The Hall–Kier alpha value is -3.28. The normalized spacial score (nSPS) is 12.9. The van der Waals surface area contributed by atoms with E-state index >= 15 is 0 Å². The molecule has 30 heavy (non-hydrogen) atoms. The molecule has 0 unspecified atom stereocenters. The lowest BCUT2D eigenvalue weighted by atomic mass is 9.90. The average molecular weight is 410 g/mol. The van der Waals surface area contributed by atoms with Gasteiger partial charge in [-0.25, -0.2) is 4.79 Å². The smallest absolute Gasteiger partial charge is 0.331 e. The number of Topliss-reactive ketones (excluding diaryl/α,β-unsaturated/α-hetero) is 1. The molecule has 1 aliphatic rings. The second-order valence-corrected chi connectivity index (χ2v) is 7.01. The van der Waals surface area contributed by atoms with Crippen molar-refractivity contribution in [1.82, 2.24) is 0 Å². The van der Waals surface area contributed by atoms with E-state index in [1.165, 1.54) is 45.0 Å². The summed E-state index contributed by atoms with van der Waals surface area (Å²) in [6, 6.07) is 9.17. The second kappa shape index (κ2) is 9.96. The molecular weight excluding hydrogens is 384 g/mol. The largest absolute Gasteiger partial charge is 0.493 e. The minimum Gasteiger partial charge on any atom is -0.493 e. The second-order valence-electron chi connectivity index (χ2n) is 7.01. The van der Waals surface area contributed by atoms with Crippen molar-refractivity contribution < 1.29 is 28.5 Å². The van der Waals surface area contributed by atoms with Crippen LogP contribution in [0.25, 0.3) is 6.08 Å². The topological polar surface area (TPSA) is 71.1 Å². The van der Waals surface area contributed by atoms with Crippen LogP contribution in [0.15, 0.2) is 36.4 Å². The fourth-order valence-corrected chi connectivity index (χ4v) is 3.54. The summed E-state index contributed by atoms with van der Waals surface area (Å²) >= 11 is 0. The predicted molar refractivity (Wildman–Crippen MR) is 114 cm³/mol. The van der Waals surface area contributed by atoms with Crippen molar-refractivity contribution in [3.8, 4) is 17.2 Å². The van der Waals surface area contributed by atoms with Gasteiger partial charge in [0.1, 0.15) is 0 Å². The molecule has 0 aliphatic heterocycles. The molecule has 2 aromatic carbocycles. The first-order valence-corrected chi connectivity index (χ1v) is 9.85. The van der Waals surface area contributed by atoms with Crippen molar-refractivity contribution in [3.05, 3.63) is 58.7 Å². The van der Waals surface area contributed by atoms with E-state index in [-0.39, 0.29) is 12.4 Å². The van der Waals surface area contributed by atoms with E-state index in [0.29, 0.717) is 28.4 Å². The molecule has 158 valence electrons. The van der Waals surface area contributed by atoms with Gasteiger partial charge < -0.3 is 18.9 Å². The van der Waals surface area contributed by atoms with Gasteiger partial charge in [0.05, 0.1) is 21.3 Å². The van der Waals surface area contributed by atoms with E-state index in [9.17, 15) is 9.59 Å². The van der Waals surface area contributed by atoms with Gasteiger partial charge in [0.2, 0.25) is 5.75 Å². The van der Waals surface area contributed by atoms with Gasteiger partial charge in [0, 0.05) is 11.6 Å². The number of aryl methyl sites for hydroxylation is 2. The molecule has 6 heteroatoms. The maximum atomic E-state index is 12.4. The quantitative estimate of drug-likeness (QED) is 0.372. The molecule has 0 spiro atoms. The Labute approximate surface area is 176 Å². The third kappa shape index (κ3) is 5.00. The summed E-state index contributed by atoms with van der Waals surface area (Å²) in [4.78, 5) is 24.5. The zero-order valence-corrected chi connectivity index (χ0v) is 17.5. The van der Waals surface area contributed by atoms with Crippen LogP contribution in [0.1, 0.15) is 39.9 Å². The number of rotatable bonds is 8. The van der Waals surface area contributed by atoms with Gasteiger partial charge in [0.25, 0.3) is 0 Å². The lowest BCUT2D eigenvalue weighted by molar-refractivity contribution is -0.136. The predicted octanol–water partition coefficient (Wildman–Crippen LogP) is 4.03. The highest BCUT2D eigenvalue weighted by Crippen LogP contribution is 2.38. The zero-order chi connectivity index (χ0) is 21.5. The Morgan fingerprint density at radius 2 is 1.57 bits per heavy atom. The van der Waals surface area contributed by atoms with Crippen LogP contribution >= 0.6 is 0 Å². The highest BCUT2D eigenvalue weighted by atomic mass is 16.5. The summed E-state index contributed by atoms with van der Waals surface area (Å²) in [7, 11) is 4.56. The lowest BCUT2D eigenvalue weighted by Gasteiger charge is -2.16. The number of ketones is 1. The summed E-state index contributed by atoms with van der Waals surface area (Å²) in [5.41, 5.74) is 3.78. The van der Waals surface area contributed by atoms with E-state index in [0.717, 1.165) is 19.3 Å². The molecule has 0 saturated heterocycles. The van der Waals surface area contributed by atoms with Crippen molar-refractivity contribution >= 4 is 17.8 Å². The zero-order valence-electron chi connectivity index (χ0n) is 17.5. The van der Waals surface area contributed by atoms with Crippen molar-refractivity contribution in [3.63, 3.8) is 0 Å². The molecule has 3 rings (SSSR count). The summed E-state index contributed by atoms with van der Waals surface area (Å²) in [5.74, 6) is 0.614. The van der Waals surface area contributed by atoms with Gasteiger partial charge in [-0.2, -0.15) is 0 Å². The SMILES string of the molecule is COc1cc(/C=C/C(=O)OCC(=O)c2ccc3c(c2)CCCC3)cc(OC)c1OC. The standard InChI is InChI=1S/C24H26O6/c1-27-21-12-16(13-22(28-2)24(21)29-3)8-11-23(26)30-15-20(25)19-10-9-17-6-4-5-7-18(17)14-19/h8-14H,4-7,15H2,1-3H3/b11-8+. The Kier molecular flexibility index (Phi) is 7.12. The summed E-state index contributed by atoms with van der Waals surface area (Å²) in [6.07, 6.45) is 7.22. The molecule has 6 nitrogen and oxygen atoms in total. The van der Waals surface area contributed by atoms with Crippen LogP contribution in [0.2, 0.25) is 0 Å². The van der Waals surface area contributed by atoms with Crippen LogP contribution in [0.4, 0.5) is 0 Å². The number of carbonyl (C=O) groups is 2. The van der Waals surface area contributed by atoms with E-state index in [4.69, 9.17) is 18.9 Å². The van der Waals surface area contributed by atoms with Crippen LogP contribution in [0.3, 0.4) is 0 Å². The van der Waals surface area contributed by atoms with Gasteiger partial charge in [-0.05, 0) is 66.6 Å². The van der Waals surface area contributed by atoms with Crippen LogP contribution in [0.5, 0.6) is 17.2 Å². The number of benzene rings is 2. The molecule has 0 radical (unpaired) electrons. The minimum absolute atomic E-state index is 0.210. The third-order valence-electron chi connectivity index (χ3n) is 5.11. The molecule has 0 atom stereocenters. The van der Waals surface area contributed by atoms with Crippen molar-refractivity contribution in [2.24, 2.45) is 0 Å². The van der Waals surface area contributed by atoms with Crippen LogP contribution < -0.4 is 14.2 Å². The molecular formula is C24H26O6. The summed E-state index contributed by atoms with van der Waals surface area (Å²) < 4.78 is 21.0. The number of methoxy groups -OCH3 is 3. The van der Waals surface area contributed by atoms with E-state index in [2.05, 4.69) is 0 Å². The number of fused-ring (bicyclic) bond motifs is 1. The molecule has 0 fully saturated rings. The summed E-state index contributed by atoms with van der Waals surface area (Å²) in [5, 5.41) is 0. The maximum Gasteiger partial charge on any atom is 0.331 e.